The van der Waals surface area contributed by atoms with Crippen LogP contribution < -0.4 is 4.90 Å². The first-order chi connectivity index (χ1) is 9.32. The van der Waals surface area contributed by atoms with Crippen molar-refractivity contribution in [1.29, 1.82) is 0 Å². The van der Waals surface area contributed by atoms with Gasteiger partial charge < -0.3 is 9.64 Å². The van der Waals surface area contributed by atoms with Gasteiger partial charge in [0, 0.05) is 37.0 Å². The fourth-order valence-corrected chi connectivity index (χ4v) is 1.80. The second-order valence-electron chi connectivity index (χ2n) is 4.86. The fourth-order valence-electron chi connectivity index (χ4n) is 1.80. The minimum Gasteiger partial charge on any atom is -0.377 e. The van der Waals surface area contributed by atoms with E-state index in [0.717, 1.165) is 0 Å². The highest BCUT2D eigenvalue weighted by Gasteiger charge is 2.16. The maximum Gasteiger partial charge on any atom is 0.270 e. The first-order valence-corrected chi connectivity index (χ1v) is 6.45. The molecule has 0 spiro atoms. The summed E-state index contributed by atoms with van der Waals surface area (Å²) in [6.45, 7) is 6.44. The van der Waals surface area contributed by atoms with Gasteiger partial charge in [-0.05, 0) is 26.8 Å². The van der Waals surface area contributed by atoms with E-state index in [1.165, 1.54) is 19.1 Å². The molecule has 6 nitrogen and oxygen atoms in total. The van der Waals surface area contributed by atoms with E-state index in [0.29, 0.717) is 24.4 Å². The number of nitro groups is 1. The lowest BCUT2D eigenvalue weighted by molar-refractivity contribution is -0.384. The minimum absolute atomic E-state index is 0.0780. The summed E-state index contributed by atoms with van der Waals surface area (Å²) in [5.74, 6) is -0.194. The average molecular weight is 280 g/mol. The van der Waals surface area contributed by atoms with E-state index in [1.54, 1.807) is 6.07 Å². The number of rotatable bonds is 7. The molecule has 0 unspecified atom stereocenters. The molecule has 0 aliphatic carbocycles. The van der Waals surface area contributed by atoms with Crippen molar-refractivity contribution in [2.45, 2.75) is 26.9 Å². The van der Waals surface area contributed by atoms with Crippen molar-refractivity contribution in [2.75, 3.05) is 25.1 Å². The van der Waals surface area contributed by atoms with E-state index >= 15 is 0 Å². The molecule has 0 aliphatic rings. The highest BCUT2D eigenvalue weighted by atomic mass is 16.6. The predicted molar refractivity (Wildman–Crippen MR) is 77.5 cm³/mol. The first-order valence-electron chi connectivity index (χ1n) is 6.45. The molecule has 0 saturated heterocycles. The van der Waals surface area contributed by atoms with Crippen molar-refractivity contribution in [3.05, 3.63) is 33.9 Å². The molecule has 1 rings (SSSR count). The van der Waals surface area contributed by atoms with Gasteiger partial charge in [-0.1, -0.05) is 0 Å². The summed E-state index contributed by atoms with van der Waals surface area (Å²) in [6.07, 6.45) is 0.146. The van der Waals surface area contributed by atoms with E-state index in [9.17, 15) is 14.9 Å². The number of ether oxygens (including phenoxy) is 1. The Balaban J connectivity index is 2.93. The number of hydrogen-bond donors (Lipinski definition) is 0. The van der Waals surface area contributed by atoms with Gasteiger partial charge in [-0.3, -0.25) is 14.9 Å². The van der Waals surface area contributed by atoms with Gasteiger partial charge >= 0.3 is 0 Å². The van der Waals surface area contributed by atoms with Gasteiger partial charge in [0.15, 0.2) is 5.78 Å². The summed E-state index contributed by atoms with van der Waals surface area (Å²) in [5, 5.41) is 10.8. The molecule has 1 aromatic rings. The van der Waals surface area contributed by atoms with Crippen LogP contribution in [0, 0.1) is 10.1 Å². The molecular formula is C14H20N2O4. The summed E-state index contributed by atoms with van der Waals surface area (Å²) in [7, 11) is 1.83. The highest BCUT2D eigenvalue weighted by molar-refractivity contribution is 6.00. The van der Waals surface area contributed by atoms with Gasteiger partial charge in [-0.25, -0.2) is 0 Å². The molecule has 1 aromatic carbocycles. The van der Waals surface area contributed by atoms with E-state index in [4.69, 9.17) is 4.74 Å². The topological polar surface area (TPSA) is 72.7 Å². The number of hydrogen-bond acceptors (Lipinski definition) is 5. The largest absolute Gasteiger partial charge is 0.377 e. The third-order valence-corrected chi connectivity index (χ3v) is 2.86. The lowest BCUT2D eigenvalue weighted by Gasteiger charge is -2.22. The number of carbonyl (C=O) groups excluding carboxylic acids is 1. The highest BCUT2D eigenvalue weighted by Crippen LogP contribution is 2.25. The molecule has 0 fully saturated rings. The number of likely N-dealkylation sites (N-methyl/N-ethyl adjacent to an activating group) is 1. The Kier molecular flexibility index (Phi) is 5.64. The van der Waals surface area contributed by atoms with Gasteiger partial charge in [0.05, 0.1) is 17.6 Å². The van der Waals surface area contributed by atoms with Crippen molar-refractivity contribution in [2.24, 2.45) is 0 Å². The van der Waals surface area contributed by atoms with Gasteiger partial charge in [0.25, 0.3) is 5.69 Å². The molecule has 0 N–H and O–H groups in total. The van der Waals surface area contributed by atoms with Crippen molar-refractivity contribution in [1.82, 2.24) is 0 Å². The Morgan fingerprint density at radius 2 is 2.10 bits per heavy atom. The summed E-state index contributed by atoms with van der Waals surface area (Å²) in [4.78, 5) is 23.8. The van der Waals surface area contributed by atoms with Crippen LogP contribution in [0.4, 0.5) is 11.4 Å². The molecule has 0 saturated carbocycles. The third-order valence-electron chi connectivity index (χ3n) is 2.86. The molecule has 0 amide bonds. The van der Waals surface area contributed by atoms with Crippen LogP contribution in [0.2, 0.25) is 0 Å². The Morgan fingerprint density at radius 3 is 2.60 bits per heavy atom. The maximum absolute atomic E-state index is 11.6. The number of anilines is 1. The summed E-state index contributed by atoms with van der Waals surface area (Å²) in [6, 6.07) is 4.32. The number of nitrogens with zero attached hydrogens (tertiary/aromatic N) is 2. The zero-order valence-corrected chi connectivity index (χ0v) is 12.3. The maximum atomic E-state index is 11.6. The molecular weight excluding hydrogens is 260 g/mol. The standard InChI is InChI=1S/C14H20N2O4/c1-10(2)20-8-7-15(4)14-6-5-12(16(18)19)9-13(14)11(3)17/h5-6,9-10H,7-8H2,1-4H3. The quantitative estimate of drug-likeness (QED) is 0.436. The van der Waals surface area contributed by atoms with Gasteiger partial charge in [0.1, 0.15) is 0 Å². The lowest BCUT2D eigenvalue weighted by Crippen LogP contribution is -2.25. The first kappa shape index (κ1) is 16.1. The van der Waals surface area contributed by atoms with Crippen LogP contribution >= 0.6 is 0 Å². The molecule has 0 bridgehead atoms. The second-order valence-corrected chi connectivity index (χ2v) is 4.86. The van der Waals surface area contributed by atoms with E-state index in [2.05, 4.69) is 0 Å². The molecule has 0 aliphatic heterocycles. The van der Waals surface area contributed by atoms with Crippen molar-refractivity contribution < 1.29 is 14.5 Å². The summed E-state index contributed by atoms with van der Waals surface area (Å²) < 4.78 is 5.46. The molecule has 110 valence electrons. The number of carbonyl (C=O) groups is 1. The van der Waals surface area contributed by atoms with Crippen LogP contribution in [0.1, 0.15) is 31.1 Å². The van der Waals surface area contributed by atoms with E-state index in [-0.39, 0.29) is 17.6 Å². The lowest BCUT2D eigenvalue weighted by atomic mass is 10.1. The molecule has 0 aromatic heterocycles. The Morgan fingerprint density at radius 1 is 1.45 bits per heavy atom. The number of non-ortho nitro benzene ring substituents is 1. The molecule has 6 heteroatoms. The van der Waals surface area contributed by atoms with Gasteiger partial charge in [-0.15, -0.1) is 0 Å². The number of benzene rings is 1. The molecule has 0 atom stereocenters. The Bertz CT molecular complexity index is 500. The molecule has 20 heavy (non-hydrogen) atoms. The number of nitro benzene ring substituents is 1. The van der Waals surface area contributed by atoms with Gasteiger partial charge in [-0.2, -0.15) is 0 Å². The predicted octanol–water partition coefficient (Wildman–Crippen LogP) is 2.66. The number of ketones is 1. The molecule has 0 radical (unpaired) electrons. The normalized spacial score (nSPS) is 10.7. The Hall–Kier alpha value is -1.95. The van der Waals surface area contributed by atoms with Crippen LogP contribution in [0.25, 0.3) is 0 Å². The van der Waals surface area contributed by atoms with Crippen molar-refractivity contribution >= 4 is 17.2 Å². The van der Waals surface area contributed by atoms with Gasteiger partial charge in [0.2, 0.25) is 0 Å². The van der Waals surface area contributed by atoms with Crippen molar-refractivity contribution in [3.8, 4) is 0 Å². The zero-order valence-electron chi connectivity index (χ0n) is 12.3. The van der Waals surface area contributed by atoms with Crippen LogP contribution in [0.5, 0.6) is 0 Å². The van der Waals surface area contributed by atoms with Crippen LogP contribution in [-0.2, 0) is 4.74 Å². The second kappa shape index (κ2) is 7.00. The van der Waals surface area contributed by atoms with Crippen molar-refractivity contribution in [3.63, 3.8) is 0 Å². The third kappa shape index (κ3) is 4.31. The average Bonchev–Trinajstić information content (AvgIpc) is 2.37. The zero-order chi connectivity index (χ0) is 15.3. The SMILES string of the molecule is CC(=O)c1cc([N+](=O)[O-])ccc1N(C)CCOC(C)C. The van der Waals surface area contributed by atoms with E-state index < -0.39 is 4.92 Å². The summed E-state index contributed by atoms with van der Waals surface area (Å²) >= 11 is 0. The molecule has 0 heterocycles. The number of Topliss-reactive ketones (excluding diaryl/α,β-unsaturated/α-hetero) is 1. The van der Waals surface area contributed by atoms with Crippen LogP contribution in [0.3, 0.4) is 0 Å². The van der Waals surface area contributed by atoms with Crippen LogP contribution in [0.15, 0.2) is 18.2 Å². The Labute approximate surface area is 118 Å². The minimum atomic E-state index is -0.502. The van der Waals surface area contributed by atoms with Crippen LogP contribution in [-0.4, -0.2) is 37.0 Å². The summed E-state index contributed by atoms with van der Waals surface area (Å²) in [5.41, 5.74) is 0.951. The fraction of sp³-hybridized carbons (Fsp3) is 0.500. The van der Waals surface area contributed by atoms with E-state index in [1.807, 2.05) is 25.8 Å². The smallest absolute Gasteiger partial charge is 0.270 e. The monoisotopic (exact) mass is 280 g/mol.